The van der Waals surface area contributed by atoms with Crippen molar-refractivity contribution in [2.24, 2.45) is 0 Å². The Kier molecular flexibility index (Phi) is 8.46. The van der Waals surface area contributed by atoms with E-state index in [-0.39, 0.29) is 5.78 Å². The molecule has 2 aromatic rings. The molecule has 0 radical (unpaired) electrons. The first-order valence-electron chi connectivity index (χ1n) is 7.46. The Morgan fingerprint density at radius 1 is 1.05 bits per heavy atom. The topological polar surface area (TPSA) is 54.4 Å². The molecule has 1 N–H and O–H groups in total. The van der Waals surface area contributed by atoms with E-state index >= 15 is 0 Å². The van der Waals surface area contributed by atoms with Crippen LogP contribution >= 0.6 is 0 Å². The van der Waals surface area contributed by atoms with E-state index in [0.29, 0.717) is 11.1 Å². The highest BCUT2D eigenvalue weighted by molar-refractivity contribution is 5.99. The lowest BCUT2D eigenvalue weighted by Gasteiger charge is -2.09. The third kappa shape index (κ3) is 6.02. The summed E-state index contributed by atoms with van der Waals surface area (Å²) >= 11 is 0. The monoisotopic (exact) mass is 298 g/mol. The molecule has 0 aliphatic carbocycles. The molecule has 2 rings (SSSR count). The van der Waals surface area contributed by atoms with Crippen LogP contribution in [0.25, 0.3) is 0 Å². The number of ketones is 1. The highest BCUT2D eigenvalue weighted by Crippen LogP contribution is 2.17. The van der Waals surface area contributed by atoms with E-state index in [1.54, 1.807) is 48.5 Å². The minimum absolute atomic E-state index is 0.271. The van der Waals surface area contributed by atoms with Crippen molar-refractivity contribution in [1.29, 1.82) is 0 Å². The molecule has 3 heteroatoms. The lowest BCUT2D eigenvalue weighted by atomic mass is 10.0. The SMILES string of the molecule is CCCCC=O.O=C(c1ccccc1)C(O)c1ccccc1. The number of carbonyl (C=O) groups is 2. The summed E-state index contributed by atoms with van der Waals surface area (Å²) in [5.74, 6) is -0.271. The van der Waals surface area contributed by atoms with Crippen LogP contribution in [0.1, 0.15) is 48.2 Å². The highest BCUT2D eigenvalue weighted by Gasteiger charge is 2.18. The van der Waals surface area contributed by atoms with Gasteiger partial charge in [-0.2, -0.15) is 0 Å². The smallest absolute Gasteiger partial charge is 0.195 e. The number of aliphatic hydroxyl groups excluding tert-OH is 1. The summed E-state index contributed by atoms with van der Waals surface area (Å²) in [6, 6.07) is 17.7. The summed E-state index contributed by atoms with van der Waals surface area (Å²) in [5, 5.41) is 9.89. The van der Waals surface area contributed by atoms with Gasteiger partial charge in [0, 0.05) is 12.0 Å². The standard InChI is InChI=1S/C14H12O2.C5H10O/c15-13(11-7-3-1-4-8-11)14(16)12-9-5-2-6-10-12;1-2-3-4-5-6/h1-10,13,15H;5H,2-4H2,1H3. The van der Waals surface area contributed by atoms with Crippen LogP contribution in [0.4, 0.5) is 0 Å². The zero-order chi connectivity index (χ0) is 16.2. The first-order chi connectivity index (χ1) is 10.7. The van der Waals surface area contributed by atoms with E-state index in [4.69, 9.17) is 0 Å². The molecular formula is C19H22O3. The average Bonchev–Trinajstić information content (AvgIpc) is 2.60. The van der Waals surface area contributed by atoms with Gasteiger partial charge in [0.25, 0.3) is 0 Å². The highest BCUT2D eigenvalue weighted by atomic mass is 16.3. The molecule has 0 fully saturated rings. The number of unbranched alkanes of at least 4 members (excludes halogenated alkanes) is 2. The number of rotatable bonds is 6. The number of aliphatic hydroxyl groups is 1. The summed E-state index contributed by atoms with van der Waals surface area (Å²) < 4.78 is 0. The third-order valence-electron chi connectivity index (χ3n) is 3.10. The maximum absolute atomic E-state index is 11.9. The van der Waals surface area contributed by atoms with Crippen LogP contribution < -0.4 is 0 Å². The average molecular weight is 298 g/mol. The van der Waals surface area contributed by atoms with Crippen molar-refractivity contribution >= 4 is 12.1 Å². The Morgan fingerprint density at radius 3 is 2.05 bits per heavy atom. The molecule has 0 amide bonds. The molecule has 3 nitrogen and oxygen atoms in total. The first kappa shape index (κ1) is 17.8. The summed E-state index contributed by atoms with van der Waals surface area (Å²) in [5.41, 5.74) is 1.15. The Morgan fingerprint density at radius 2 is 1.59 bits per heavy atom. The molecule has 0 aromatic heterocycles. The molecule has 1 unspecified atom stereocenters. The van der Waals surface area contributed by atoms with Crippen LogP contribution in [-0.2, 0) is 4.79 Å². The van der Waals surface area contributed by atoms with E-state index in [0.717, 1.165) is 25.5 Å². The van der Waals surface area contributed by atoms with Crippen molar-refractivity contribution < 1.29 is 14.7 Å². The molecule has 0 aliphatic heterocycles. The predicted molar refractivity (Wildman–Crippen MR) is 87.8 cm³/mol. The van der Waals surface area contributed by atoms with E-state index in [9.17, 15) is 14.7 Å². The number of carbonyl (C=O) groups excluding carboxylic acids is 2. The largest absolute Gasteiger partial charge is 0.380 e. The van der Waals surface area contributed by atoms with Gasteiger partial charge in [-0.05, 0) is 12.0 Å². The summed E-state index contributed by atoms with van der Waals surface area (Å²) in [4.78, 5) is 21.5. The Labute approximate surface area is 131 Å². The summed E-state index contributed by atoms with van der Waals surface area (Å²) in [6.07, 6.45) is 2.78. The quantitative estimate of drug-likeness (QED) is 0.498. The van der Waals surface area contributed by atoms with Gasteiger partial charge in [0.15, 0.2) is 5.78 Å². The van der Waals surface area contributed by atoms with E-state index in [1.807, 2.05) is 12.1 Å². The molecule has 0 saturated carbocycles. The fourth-order valence-electron chi connectivity index (χ4n) is 1.83. The Balaban J connectivity index is 0.000000346. The molecule has 22 heavy (non-hydrogen) atoms. The molecule has 116 valence electrons. The molecule has 2 aromatic carbocycles. The number of hydrogen-bond acceptors (Lipinski definition) is 3. The lowest BCUT2D eigenvalue weighted by molar-refractivity contribution is -0.107. The zero-order valence-electron chi connectivity index (χ0n) is 12.8. The van der Waals surface area contributed by atoms with Gasteiger partial charge in [-0.15, -0.1) is 0 Å². The second-order valence-corrected chi connectivity index (χ2v) is 4.85. The number of aldehydes is 1. The number of benzene rings is 2. The van der Waals surface area contributed by atoms with Gasteiger partial charge >= 0.3 is 0 Å². The van der Waals surface area contributed by atoms with Gasteiger partial charge in [-0.3, -0.25) is 4.79 Å². The van der Waals surface area contributed by atoms with E-state index in [1.165, 1.54) is 0 Å². The van der Waals surface area contributed by atoms with Gasteiger partial charge in [0.2, 0.25) is 0 Å². The Bertz CT molecular complexity index is 549. The molecule has 0 aliphatic rings. The molecule has 0 spiro atoms. The van der Waals surface area contributed by atoms with E-state index < -0.39 is 6.10 Å². The summed E-state index contributed by atoms with van der Waals surface area (Å²) in [6.45, 7) is 2.07. The van der Waals surface area contributed by atoms with Gasteiger partial charge in [-0.1, -0.05) is 74.0 Å². The zero-order valence-corrected chi connectivity index (χ0v) is 12.8. The molecule has 0 saturated heterocycles. The second kappa shape index (κ2) is 10.5. The van der Waals surface area contributed by atoms with Crippen molar-refractivity contribution in [3.05, 3.63) is 71.8 Å². The maximum atomic E-state index is 11.9. The van der Waals surface area contributed by atoms with Crippen LogP contribution in [0.15, 0.2) is 60.7 Å². The summed E-state index contributed by atoms with van der Waals surface area (Å²) in [7, 11) is 0. The second-order valence-electron chi connectivity index (χ2n) is 4.85. The van der Waals surface area contributed by atoms with Crippen molar-refractivity contribution in [2.75, 3.05) is 0 Å². The minimum Gasteiger partial charge on any atom is -0.380 e. The van der Waals surface area contributed by atoms with Crippen LogP contribution in [0.2, 0.25) is 0 Å². The van der Waals surface area contributed by atoms with E-state index in [2.05, 4.69) is 6.92 Å². The predicted octanol–water partition coefficient (Wildman–Crippen LogP) is 3.98. The van der Waals surface area contributed by atoms with Crippen LogP contribution in [0, 0.1) is 0 Å². The minimum atomic E-state index is -1.08. The lowest BCUT2D eigenvalue weighted by Crippen LogP contribution is -2.11. The van der Waals surface area contributed by atoms with Gasteiger partial charge < -0.3 is 9.90 Å². The van der Waals surface area contributed by atoms with Crippen LogP contribution in [-0.4, -0.2) is 17.2 Å². The third-order valence-corrected chi connectivity index (χ3v) is 3.10. The normalized spacial score (nSPS) is 11.0. The Hall–Kier alpha value is -2.26. The fraction of sp³-hybridized carbons (Fsp3) is 0.263. The van der Waals surface area contributed by atoms with Gasteiger partial charge in [-0.25, -0.2) is 0 Å². The van der Waals surface area contributed by atoms with Crippen molar-refractivity contribution in [2.45, 2.75) is 32.3 Å². The van der Waals surface area contributed by atoms with Crippen molar-refractivity contribution in [3.8, 4) is 0 Å². The first-order valence-corrected chi connectivity index (χ1v) is 7.46. The molecule has 1 atom stereocenters. The van der Waals surface area contributed by atoms with Crippen LogP contribution in [0.5, 0.6) is 0 Å². The maximum Gasteiger partial charge on any atom is 0.195 e. The fourth-order valence-corrected chi connectivity index (χ4v) is 1.83. The molecular weight excluding hydrogens is 276 g/mol. The van der Waals surface area contributed by atoms with Gasteiger partial charge in [0.1, 0.15) is 12.4 Å². The number of Topliss-reactive ketones (excluding diaryl/α,β-unsaturated/α-hetero) is 1. The number of hydrogen-bond donors (Lipinski definition) is 1. The van der Waals surface area contributed by atoms with Crippen molar-refractivity contribution in [1.82, 2.24) is 0 Å². The van der Waals surface area contributed by atoms with Crippen LogP contribution in [0.3, 0.4) is 0 Å². The van der Waals surface area contributed by atoms with Gasteiger partial charge in [0.05, 0.1) is 0 Å². The van der Waals surface area contributed by atoms with Crippen molar-refractivity contribution in [3.63, 3.8) is 0 Å². The molecule has 0 heterocycles. The molecule has 0 bridgehead atoms.